The smallest absolute Gasteiger partial charge is 0.422 e. The first kappa shape index (κ1) is 9.32. The molecule has 0 atom stereocenters. The molecule has 0 saturated carbocycles. The van der Waals surface area contributed by atoms with E-state index < -0.39 is 17.1 Å². The molecule has 6 heteroatoms. The van der Waals surface area contributed by atoms with Crippen LogP contribution in [0.15, 0.2) is 26.1 Å². The summed E-state index contributed by atoms with van der Waals surface area (Å²) in [7, 11) is 1.24. The highest BCUT2D eigenvalue weighted by Gasteiger charge is 2.12. The lowest BCUT2D eigenvalue weighted by Crippen LogP contribution is -2.29. The number of hydrogen-bond acceptors (Lipinski definition) is 5. The molecule has 0 unspecified atom stereocenters. The largest absolute Gasteiger partial charge is 0.508 e. The van der Waals surface area contributed by atoms with Gasteiger partial charge in [-0.3, -0.25) is 4.79 Å². The number of benzene rings is 1. The molecular formula is C9H7NO5. The van der Waals surface area contributed by atoms with Crippen LogP contribution < -0.4 is 11.3 Å². The zero-order valence-corrected chi connectivity index (χ0v) is 7.72. The zero-order valence-electron chi connectivity index (χ0n) is 7.72. The highest BCUT2D eigenvalue weighted by molar-refractivity contribution is 5.83. The first-order chi connectivity index (χ1) is 7.00. The van der Waals surface area contributed by atoms with Gasteiger partial charge in [0.1, 0.15) is 16.9 Å². The van der Waals surface area contributed by atoms with E-state index in [1.165, 1.54) is 7.05 Å². The van der Waals surface area contributed by atoms with Crippen molar-refractivity contribution in [3.8, 4) is 11.5 Å². The number of phenols is 2. The number of phenolic OH excluding ortho intramolecular Hbond substituents is 2. The first-order valence-corrected chi connectivity index (χ1v) is 4.06. The SMILES string of the molecule is Cn1c(=O)oc2cc(O)cc(O)c2c1=O. The van der Waals surface area contributed by atoms with Gasteiger partial charge in [-0.15, -0.1) is 0 Å². The molecule has 0 aliphatic carbocycles. The van der Waals surface area contributed by atoms with Gasteiger partial charge in [0.05, 0.1) is 0 Å². The molecule has 1 heterocycles. The van der Waals surface area contributed by atoms with E-state index in [1.54, 1.807) is 0 Å². The number of aromatic hydroxyl groups is 2. The molecule has 0 fully saturated rings. The fraction of sp³-hybridized carbons (Fsp3) is 0.111. The normalized spacial score (nSPS) is 10.7. The fourth-order valence-corrected chi connectivity index (χ4v) is 1.30. The van der Waals surface area contributed by atoms with Gasteiger partial charge in [0.15, 0.2) is 5.58 Å². The van der Waals surface area contributed by atoms with Crippen LogP contribution in [0.1, 0.15) is 0 Å². The Bertz CT molecular complexity index is 652. The third-order valence-electron chi connectivity index (χ3n) is 2.06. The van der Waals surface area contributed by atoms with E-state index >= 15 is 0 Å². The lowest BCUT2D eigenvalue weighted by Gasteiger charge is -2.01. The molecule has 0 radical (unpaired) electrons. The Kier molecular flexibility index (Phi) is 1.79. The molecule has 2 aromatic rings. The molecule has 0 spiro atoms. The monoisotopic (exact) mass is 209 g/mol. The summed E-state index contributed by atoms with van der Waals surface area (Å²) in [5.41, 5.74) is -0.806. The summed E-state index contributed by atoms with van der Waals surface area (Å²) in [5.74, 6) is -1.55. The molecule has 2 N–H and O–H groups in total. The van der Waals surface area contributed by atoms with Gasteiger partial charge in [-0.1, -0.05) is 0 Å². The summed E-state index contributed by atoms with van der Waals surface area (Å²) in [5, 5.41) is 18.4. The second-order valence-corrected chi connectivity index (χ2v) is 3.07. The summed E-state index contributed by atoms with van der Waals surface area (Å²) >= 11 is 0. The van der Waals surface area contributed by atoms with Crippen LogP contribution in [0.3, 0.4) is 0 Å². The van der Waals surface area contributed by atoms with Gasteiger partial charge in [-0.05, 0) is 0 Å². The number of nitrogens with zero attached hydrogens (tertiary/aromatic N) is 1. The molecule has 1 aromatic heterocycles. The van der Waals surface area contributed by atoms with Crippen LogP contribution >= 0.6 is 0 Å². The molecule has 2 rings (SSSR count). The summed E-state index contributed by atoms with van der Waals surface area (Å²) < 4.78 is 5.46. The number of aromatic nitrogens is 1. The topological polar surface area (TPSA) is 92.7 Å². The summed E-state index contributed by atoms with van der Waals surface area (Å²) in [4.78, 5) is 22.7. The second kappa shape index (κ2) is 2.88. The fourth-order valence-electron chi connectivity index (χ4n) is 1.30. The standard InChI is InChI=1S/C9H7NO5/c1-10-8(13)7-5(12)2-4(11)3-6(7)15-9(10)14/h2-3,11-12H,1H3. The van der Waals surface area contributed by atoms with Gasteiger partial charge in [-0.2, -0.15) is 0 Å². The molecule has 1 aromatic carbocycles. The van der Waals surface area contributed by atoms with Crippen molar-refractivity contribution in [2.75, 3.05) is 0 Å². The van der Waals surface area contributed by atoms with Crippen LogP contribution in [0.25, 0.3) is 11.0 Å². The predicted octanol–water partition coefficient (Wildman–Crippen LogP) is -0.0971. The van der Waals surface area contributed by atoms with Crippen LogP contribution in [0.5, 0.6) is 11.5 Å². The Morgan fingerprint density at radius 2 is 1.93 bits per heavy atom. The molecule has 0 aliphatic heterocycles. The van der Waals surface area contributed by atoms with Crippen molar-refractivity contribution in [1.29, 1.82) is 0 Å². The van der Waals surface area contributed by atoms with Crippen molar-refractivity contribution < 1.29 is 14.6 Å². The molecular weight excluding hydrogens is 202 g/mol. The molecule has 15 heavy (non-hydrogen) atoms. The van der Waals surface area contributed by atoms with Crippen molar-refractivity contribution in [2.45, 2.75) is 0 Å². The van der Waals surface area contributed by atoms with Gasteiger partial charge in [-0.25, -0.2) is 9.36 Å². The van der Waals surface area contributed by atoms with Crippen molar-refractivity contribution >= 4 is 11.0 Å². The van der Waals surface area contributed by atoms with Crippen LogP contribution in [-0.4, -0.2) is 14.8 Å². The van der Waals surface area contributed by atoms with E-state index in [-0.39, 0.29) is 16.7 Å². The van der Waals surface area contributed by atoms with Crippen LogP contribution in [0.4, 0.5) is 0 Å². The molecule has 0 bridgehead atoms. The minimum Gasteiger partial charge on any atom is -0.508 e. The molecule has 0 amide bonds. The maximum absolute atomic E-state index is 11.5. The number of rotatable bonds is 0. The van der Waals surface area contributed by atoms with Crippen molar-refractivity contribution in [1.82, 2.24) is 4.57 Å². The van der Waals surface area contributed by atoms with Crippen LogP contribution in [-0.2, 0) is 7.05 Å². The van der Waals surface area contributed by atoms with Crippen LogP contribution in [0, 0.1) is 0 Å². The highest BCUT2D eigenvalue weighted by atomic mass is 16.4. The van der Waals surface area contributed by atoms with E-state index in [4.69, 9.17) is 9.52 Å². The summed E-state index contributed by atoms with van der Waals surface area (Å²) in [6.45, 7) is 0. The van der Waals surface area contributed by atoms with Gasteiger partial charge in [0.2, 0.25) is 0 Å². The highest BCUT2D eigenvalue weighted by Crippen LogP contribution is 2.25. The van der Waals surface area contributed by atoms with Crippen molar-refractivity contribution in [2.24, 2.45) is 7.05 Å². The van der Waals surface area contributed by atoms with E-state index in [2.05, 4.69) is 0 Å². The average Bonchev–Trinajstić information content (AvgIpc) is 2.13. The number of fused-ring (bicyclic) bond motifs is 1. The summed E-state index contributed by atoms with van der Waals surface area (Å²) in [6, 6.07) is 2.10. The van der Waals surface area contributed by atoms with Gasteiger partial charge in [0, 0.05) is 19.2 Å². The van der Waals surface area contributed by atoms with E-state index in [9.17, 15) is 14.7 Å². The third-order valence-corrected chi connectivity index (χ3v) is 2.06. The lowest BCUT2D eigenvalue weighted by molar-refractivity contribution is 0.442. The van der Waals surface area contributed by atoms with E-state index in [0.29, 0.717) is 0 Å². The average molecular weight is 209 g/mol. The maximum Gasteiger partial charge on any atom is 0.422 e. The molecule has 0 aliphatic rings. The van der Waals surface area contributed by atoms with Gasteiger partial charge in [0.25, 0.3) is 5.56 Å². The maximum atomic E-state index is 11.5. The molecule has 78 valence electrons. The Labute approximate surface area is 82.6 Å². The van der Waals surface area contributed by atoms with Gasteiger partial charge < -0.3 is 14.6 Å². The Morgan fingerprint density at radius 1 is 1.27 bits per heavy atom. The van der Waals surface area contributed by atoms with Crippen molar-refractivity contribution in [3.63, 3.8) is 0 Å². The van der Waals surface area contributed by atoms with E-state index in [0.717, 1.165) is 16.7 Å². The quantitative estimate of drug-likeness (QED) is 0.632. The summed E-state index contributed by atoms with van der Waals surface area (Å²) in [6.07, 6.45) is 0. The van der Waals surface area contributed by atoms with Gasteiger partial charge >= 0.3 is 5.76 Å². The second-order valence-electron chi connectivity index (χ2n) is 3.07. The Morgan fingerprint density at radius 3 is 2.60 bits per heavy atom. The van der Waals surface area contributed by atoms with Crippen molar-refractivity contribution in [3.05, 3.63) is 33.0 Å². The van der Waals surface area contributed by atoms with Crippen LogP contribution in [0.2, 0.25) is 0 Å². The minimum absolute atomic E-state index is 0.130. The molecule has 0 saturated heterocycles. The minimum atomic E-state index is -0.850. The zero-order chi connectivity index (χ0) is 11.2. The predicted molar refractivity (Wildman–Crippen MR) is 51.1 cm³/mol. The number of hydrogen-bond donors (Lipinski definition) is 2. The first-order valence-electron chi connectivity index (χ1n) is 4.06. The van der Waals surface area contributed by atoms with E-state index in [1.807, 2.05) is 0 Å². The lowest BCUT2D eigenvalue weighted by atomic mass is 10.2. The third kappa shape index (κ3) is 1.26. The molecule has 6 nitrogen and oxygen atoms in total. The Balaban J connectivity index is 3.13. The Hall–Kier alpha value is -2.24.